The molecule has 0 radical (unpaired) electrons. The summed E-state index contributed by atoms with van der Waals surface area (Å²) in [6, 6.07) is 0.260. The minimum Gasteiger partial charge on any atom is -0.466 e. The van der Waals surface area contributed by atoms with Gasteiger partial charge in [-0.05, 0) is 51.5 Å². The first-order valence-electron chi connectivity index (χ1n) is 7.87. The number of esters is 1. The highest BCUT2D eigenvalue weighted by molar-refractivity contribution is 5.94. The highest BCUT2D eigenvalue weighted by Crippen LogP contribution is 2.45. The standard InChI is InChI=1S/C15H24N2O3/c1-2-20-15(18)12-4-3-7-17(9-12)14-11-6-5-10(8-11)13(14)16-19/h10-12,14,19H,2-9H2,1H3/b16-13-/t10-,11+,12+,14+/m0/s1. The molecule has 20 heavy (non-hydrogen) atoms. The van der Waals surface area contributed by atoms with Gasteiger partial charge >= 0.3 is 5.97 Å². The van der Waals surface area contributed by atoms with E-state index in [1.807, 2.05) is 6.92 Å². The predicted octanol–water partition coefficient (Wildman–Crippen LogP) is 1.89. The van der Waals surface area contributed by atoms with Crippen LogP contribution in [0.25, 0.3) is 0 Å². The molecule has 5 nitrogen and oxygen atoms in total. The summed E-state index contributed by atoms with van der Waals surface area (Å²) in [5, 5.41) is 12.9. The number of ether oxygens (including phenoxy) is 1. The lowest BCUT2D eigenvalue weighted by Crippen LogP contribution is -2.50. The van der Waals surface area contributed by atoms with Gasteiger partial charge in [0.25, 0.3) is 0 Å². The molecule has 3 fully saturated rings. The Labute approximate surface area is 120 Å². The van der Waals surface area contributed by atoms with Crippen LogP contribution in [0.1, 0.15) is 39.0 Å². The molecule has 1 heterocycles. The molecule has 3 aliphatic rings. The smallest absolute Gasteiger partial charge is 0.310 e. The van der Waals surface area contributed by atoms with Gasteiger partial charge in [0, 0.05) is 12.5 Å². The lowest BCUT2D eigenvalue weighted by atomic mass is 9.88. The monoisotopic (exact) mass is 280 g/mol. The fourth-order valence-corrected chi connectivity index (χ4v) is 4.39. The zero-order valence-electron chi connectivity index (χ0n) is 12.1. The van der Waals surface area contributed by atoms with E-state index in [2.05, 4.69) is 10.1 Å². The topological polar surface area (TPSA) is 62.1 Å². The maximum absolute atomic E-state index is 11.9. The Kier molecular flexibility index (Phi) is 3.96. The molecule has 1 saturated heterocycles. The first-order chi connectivity index (χ1) is 9.74. The molecule has 0 amide bonds. The van der Waals surface area contributed by atoms with Gasteiger partial charge in [-0.2, -0.15) is 0 Å². The van der Waals surface area contributed by atoms with Crippen molar-refractivity contribution in [1.29, 1.82) is 0 Å². The average Bonchev–Trinajstić information content (AvgIpc) is 3.08. The van der Waals surface area contributed by atoms with Crippen molar-refractivity contribution in [3.63, 3.8) is 0 Å². The number of carbonyl (C=O) groups excluding carboxylic acids is 1. The highest BCUT2D eigenvalue weighted by atomic mass is 16.5. The SMILES string of the molecule is CCOC(=O)[C@@H]1CCCN([C@H]2/C(=N\O)[C@H]3CC[C@@H]2C3)C1. The Morgan fingerprint density at radius 3 is 3.05 bits per heavy atom. The maximum atomic E-state index is 11.9. The fraction of sp³-hybridized carbons (Fsp3) is 0.867. The molecule has 2 saturated carbocycles. The zero-order chi connectivity index (χ0) is 14.1. The second-order valence-corrected chi connectivity index (χ2v) is 6.33. The van der Waals surface area contributed by atoms with Crippen LogP contribution in [0.3, 0.4) is 0 Å². The molecule has 112 valence electrons. The van der Waals surface area contributed by atoms with E-state index in [0.29, 0.717) is 18.4 Å². The maximum Gasteiger partial charge on any atom is 0.310 e. The molecule has 0 aromatic carbocycles. The van der Waals surface area contributed by atoms with E-state index >= 15 is 0 Å². The fourth-order valence-electron chi connectivity index (χ4n) is 4.39. The van der Waals surface area contributed by atoms with Crippen molar-refractivity contribution < 1.29 is 14.7 Å². The zero-order valence-corrected chi connectivity index (χ0v) is 12.1. The van der Waals surface area contributed by atoms with Gasteiger partial charge in [-0.25, -0.2) is 0 Å². The summed E-state index contributed by atoms with van der Waals surface area (Å²) in [6.45, 7) is 4.06. The van der Waals surface area contributed by atoms with Crippen molar-refractivity contribution >= 4 is 11.7 Å². The number of piperidine rings is 1. The van der Waals surface area contributed by atoms with Crippen molar-refractivity contribution in [3.8, 4) is 0 Å². The predicted molar refractivity (Wildman–Crippen MR) is 74.8 cm³/mol. The van der Waals surface area contributed by atoms with Gasteiger partial charge in [0.05, 0.1) is 24.3 Å². The molecule has 0 spiro atoms. The Hall–Kier alpha value is -1.10. The lowest BCUT2D eigenvalue weighted by Gasteiger charge is -2.39. The molecular weight excluding hydrogens is 256 g/mol. The summed E-state index contributed by atoms with van der Waals surface area (Å²) in [5.41, 5.74) is 0.964. The number of nitrogens with zero attached hydrogens (tertiary/aromatic N) is 2. The van der Waals surface area contributed by atoms with E-state index in [1.165, 1.54) is 6.42 Å². The molecule has 5 heteroatoms. The Morgan fingerprint density at radius 2 is 2.30 bits per heavy atom. The third-order valence-corrected chi connectivity index (χ3v) is 5.22. The number of hydrogen-bond acceptors (Lipinski definition) is 5. The number of fused-ring (bicyclic) bond motifs is 2. The van der Waals surface area contributed by atoms with Crippen molar-refractivity contribution in [2.45, 2.75) is 45.1 Å². The number of oxime groups is 1. The summed E-state index contributed by atoms with van der Waals surface area (Å²) in [6.07, 6.45) is 5.49. The van der Waals surface area contributed by atoms with E-state index in [9.17, 15) is 10.0 Å². The van der Waals surface area contributed by atoms with Crippen LogP contribution in [0.5, 0.6) is 0 Å². The van der Waals surface area contributed by atoms with Crippen LogP contribution in [0, 0.1) is 17.8 Å². The van der Waals surface area contributed by atoms with E-state index in [-0.39, 0.29) is 17.9 Å². The third kappa shape index (κ3) is 2.32. The molecular formula is C15H24N2O3. The van der Waals surface area contributed by atoms with Crippen LogP contribution >= 0.6 is 0 Å². The molecule has 0 aromatic rings. The van der Waals surface area contributed by atoms with Gasteiger partial charge in [-0.15, -0.1) is 0 Å². The minimum absolute atomic E-state index is 0.0113. The molecule has 2 aliphatic carbocycles. The second-order valence-electron chi connectivity index (χ2n) is 6.33. The van der Waals surface area contributed by atoms with Crippen molar-refractivity contribution in [2.24, 2.45) is 22.9 Å². The molecule has 3 rings (SSSR count). The van der Waals surface area contributed by atoms with Crippen molar-refractivity contribution in [2.75, 3.05) is 19.7 Å². The van der Waals surface area contributed by atoms with Crippen LogP contribution in [-0.2, 0) is 9.53 Å². The van der Waals surface area contributed by atoms with E-state index in [4.69, 9.17) is 4.74 Å². The summed E-state index contributed by atoms with van der Waals surface area (Å²) in [5.74, 6) is 1.01. The van der Waals surface area contributed by atoms with Crippen LogP contribution in [0.15, 0.2) is 5.16 Å². The van der Waals surface area contributed by atoms with Gasteiger partial charge in [0.2, 0.25) is 0 Å². The second kappa shape index (κ2) is 5.72. The first kappa shape index (κ1) is 13.9. The van der Waals surface area contributed by atoms with Crippen LogP contribution in [0.2, 0.25) is 0 Å². The number of hydrogen-bond donors (Lipinski definition) is 1. The summed E-state index contributed by atoms with van der Waals surface area (Å²) < 4.78 is 5.16. The summed E-state index contributed by atoms with van der Waals surface area (Å²) >= 11 is 0. The highest BCUT2D eigenvalue weighted by Gasteiger charge is 2.49. The van der Waals surface area contributed by atoms with Gasteiger partial charge in [-0.1, -0.05) is 5.16 Å². The van der Waals surface area contributed by atoms with Gasteiger partial charge in [-0.3, -0.25) is 9.69 Å². The first-order valence-corrected chi connectivity index (χ1v) is 7.87. The normalized spacial score (nSPS) is 39.4. The number of likely N-dealkylation sites (tertiary alicyclic amines) is 1. The molecule has 2 bridgehead atoms. The van der Waals surface area contributed by atoms with Gasteiger partial charge in [0.1, 0.15) is 0 Å². The molecule has 0 aromatic heterocycles. The van der Waals surface area contributed by atoms with Crippen LogP contribution in [0.4, 0.5) is 0 Å². The summed E-state index contributed by atoms with van der Waals surface area (Å²) in [4.78, 5) is 14.3. The lowest BCUT2D eigenvalue weighted by molar-refractivity contribution is -0.150. The van der Waals surface area contributed by atoms with E-state index in [0.717, 1.165) is 44.5 Å². The van der Waals surface area contributed by atoms with E-state index in [1.54, 1.807) is 0 Å². The van der Waals surface area contributed by atoms with E-state index < -0.39 is 0 Å². The van der Waals surface area contributed by atoms with Crippen LogP contribution < -0.4 is 0 Å². The van der Waals surface area contributed by atoms with Gasteiger partial charge in [0.15, 0.2) is 0 Å². The Balaban J connectivity index is 1.69. The number of carbonyl (C=O) groups is 1. The molecule has 0 unspecified atom stereocenters. The molecule has 1 N–H and O–H groups in total. The van der Waals surface area contributed by atoms with Gasteiger partial charge < -0.3 is 9.94 Å². The quantitative estimate of drug-likeness (QED) is 0.487. The Bertz CT molecular complexity index is 410. The summed E-state index contributed by atoms with van der Waals surface area (Å²) in [7, 11) is 0. The average molecular weight is 280 g/mol. The molecule has 4 atom stereocenters. The van der Waals surface area contributed by atoms with Crippen molar-refractivity contribution in [1.82, 2.24) is 4.90 Å². The molecule has 1 aliphatic heterocycles. The Morgan fingerprint density at radius 1 is 1.45 bits per heavy atom. The largest absolute Gasteiger partial charge is 0.466 e. The third-order valence-electron chi connectivity index (χ3n) is 5.22. The minimum atomic E-state index is -0.0668. The van der Waals surface area contributed by atoms with Crippen LogP contribution in [-0.4, -0.2) is 47.5 Å². The van der Waals surface area contributed by atoms with Crippen molar-refractivity contribution in [3.05, 3.63) is 0 Å². The number of rotatable bonds is 3.